The van der Waals surface area contributed by atoms with Crippen LogP contribution in [-0.4, -0.2) is 22.9 Å². The van der Waals surface area contributed by atoms with Crippen LogP contribution in [-0.2, 0) is 11.2 Å². The Morgan fingerprint density at radius 1 is 1.47 bits per heavy atom. The summed E-state index contributed by atoms with van der Waals surface area (Å²) in [6, 6.07) is 1.84. The third kappa shape index (κ3) is 2.93. The first-order chi connectivity index (χ1) is 9.11. The normalized spacial score (nSPS) is 15.0. The minimum Gasteiger partial charge on any atom is -0.310 e. The Morgan fingerprint density at radius 3 is 2.95 bits per heavy atom. The molecule has 0 atom stereocenters. The van der Waals surface area contributed by atoms with E-state index in [0.717, 1.165) is 11.3 Å². The molecule has 1 aromatic heterocycles. The molecule has 0 bridgehead atoms. The fourth-order valence-electron chi connectivity index (χ4n) is 1.78. The van der Waals surface area contributed by atoms with Crippen LogP contribution >= 0.6 is 0 Å². The van der Waals surface area contributed by atoms with Gasteiger partial charge in [0, 0.05) is 41.9 Å². The van der Waals surface area contributed by atoms with Gasteiger partial charge in [0.2, 0.25) is 0 Å². The lowest BCUT2D eigenvalue weighted by Gasteiger charge is -2.05. The Balaban J connectivity index is 2.09. The number of amidine groups is 1. The molecule has 1 aliphatic rings. The molecule has 19 heavy (non-hydrogen) atoms. The zero-order valence-electron chi connectivity index (χ0n) is 11.3. The number of allylic oxidation sites excluding steroid dienone is 1. The number of carbonyl (C=O) groups excluding carboxylic acids is 1. The van der Waals surface area contributed by atoms with Gasteiger partial charge in [-0.25, -0.2) is 4.99 Å². The van der Waals surface area contributed by atoms with Gasteiger partial charge in [-0.1, -0.05) is 0 Å². The lowest BCUT2D eigenvalue weighted by Crippen LogP contribution is -2.31. The quantitative estimate of drug-likeness (QED) is 0.651. The number of hydrogen-bond acceptors (Lipinski definition) is 4. The van der Waals surface area contributed by atoms with E-state index in [0.29, 0.717) is 23.5 Å². The monoisotopic (exact) mass is 256 g/mol. The van der Waals surface area contributed by atoms with Crippen LogP contribution in [0.4, 0.5) is 5.69 Å². The molecule has 1 aromatic rings. The first kappa shape index (κ1) is 13.1. The zero-order chi connectivity index (χ0) is 13.8. The number of hydrogen-bond donors (Lipinski definition) is 1. The van der Waals surface area contributed by atoms with Gasteiger partial charge < -0.3 is 5.32 Å². The first-order valence-corrected chi connectivity index (χ1v) is 6.09. The summed E-state index contributed by atoms with van der Waals surface area (Å²) in [6.45, 7) is 5.38. The van der Waals surface area contributed by atoms with Gasteiger partial charge in [-0.2, -0.15) is 0 Å². The van der Waals surface area contributed by atoms with Gasteiger partial charge >= 0.3 is 0 Å². The van der Waals surface area contributed by atoms with Crippen molar-refractivity contribution in [3.8, 4) is 0 Å². The number of aromatic nitrogens is 1. The topological polar surface area (TPSA) is 66.7 Å². The number of carbonyl (C=O) groups is 1. The van der Waals surface area contributed by atoms with Gasteiger partial charge in [-0.3, -0.25) is 14.8 Å². The predicted octanol–water partition coefficient (Wildman–Crippen LogP) is 2.17. The number of nitrogens with one attached hydrogen (secondary N) is 1. The molecule has 0 spiro atoms. The van der Waals surface area contributed by atoms with Crippen molar-refractivity contribution in [3.05, 3.63) is 35.3 Å². The van der Waals surface area contributed by atoms with Gasteiger partial charge in [-0.05, 0) is 26.8 Å². The number of amides is 1. The largest absolute Gasteiger partial charge is 0.310 e. The molecule has 0 saturated carbocycles. The molecule has 1 N–H and O–H groups in total. The van der Waals surface area contributed by atoms with E-state index in [9.17, 15) is 4.79 Å². The maximum absolute atomic E-state index is 12.0. The molecule has 98 valence electrons. The van der Waals surface area contributed by atoms with Crippen molar-refractivity contribution >= 4 is 23.6 Å². The average Bonchev–Trinajstić information content (AvgIpc) is 2.80. The maximum Gasteiger partial charge on any atom is 0.254 e. The molecule has 0 unspecified atom stereocenters. The van der Waals surface area contributed by atoms with Gasteiger partial charge in [0.25, 0.3) is 5.91 Å². The van der Waals surface area contributed by atoms with Gasteiger partial charge in [0.15, 0.2) is 0 Å². The second-order valence-corrected chi connectivity index (χ2v) is 4.29. The molecule has 1 amide bonds. The van der Waals surface area contributed by atoms with Crippen LogP contribution in [0.25, 0.3) is 0 Å². The second kappa shape index (κ2) is 5.56. The summed E-state index contributed by atoms with van der Waals surface area (Å²) >= 11 is 0. The minimum absolute atomic E-state index is 0.164. The first-order valence-electron chi connectivity index (χ1n) is 6.09. The molecule has 5 heteroatoms. The summed E-state index contributed by atoms with van der Waals surface area (Å²) in [4.78, 5) is 24.5. The van der Waals surface area contributed by atoms with Gasteiger partial charge in [0.05, 0.1) is 5.69 Å². The Hall–Kier alpha value is -2.30. The summed E-state index contributed by atoms with van der Waals surface area (Å²) in [6.07, 6.45) is 5.74. The number of rotatable bonds is 2. The van der Waals surface area contributed by atoms with Crippen LogP contribution < -0.4 is 5.32 Å². The van der Waals surface area contributed by atoms with Crippen LogP contribution in [0.2, 0.25) is 0 Å². The lowest BCUT2D eigenvalue weighted by molar-refractivity contribution is -0.116. The summed E-state index contributed by atoms with van der Waals surface area (Å²) < 4.78 is 0. The summed E-state index contributed by atoms with van der Waals surface area (Å²) in [5.41, 5.74) is 3.20. The Bertz CT molecular complexity index is 599. The maximum atomic E-state index is 12.0. The molecule has 0 fully saturated rings. The van der Waals surface area contributed by atoms with Crippen molar-refractivity contribution in [3.63, 3.8) is 0 Å². The van der Waals surface area contributed by atoms with Crippen molar-refractivity contribution in [2.75, 3.05) is 0 Å². The van der Waals surface area contributed by atoms with Gasteiger partial charge in [-0.15, -0.1) is 0 Å². The molecule has 0 saturated heterocycles. The van der Waals surface area contributed by atoms with Gasteiger partial charge in [0.1, 0.15) is 5.84 Å². The van der Waals surface area contributed by atoms with E-state index >= 15 is 0 Å². The van der Waals surface area contributed by atoms with Crippen LogP contribution in [0.3, 0.4) is 0 Å². The molecule has 2 rings (SSSR count). The minimum atomic E-state index is -0.164. The summed E-state index contributed by atoms with van der Waals surface area (Å²) in [7, 11) is 0. The third-order valence-electron chi connectivity index (χ3n) is 2.96. The molecule has 5 nitrogen and oxygen atoms in total. The number of fused-ring (bicyclic) bond motifs is 1. The standard InChI is InChI=1S/C14H16N4O/c1-4-16-10(3)9(2)14(19)18-13-7-11-8-15-6-5-12(11)17-13/h4-6,8H,7H2,1-3H3,(H,17,18,19)/b10-9+,16-4?. The van der Waals surface area contributed by atoms with Crippen LogP contribution in [0.15, 0.2) is 39.7 Å². The molecule has 0 aliphatic carbocycles. The molecule has 0 aromatic carbocycles. The third-order valence-corrected chi connectivity index (χ3v) is 2.96. The van der Waals surface area contributed by atoms with Crippen molar-refractivity contribution < 1.29 is 4.79 Å². The number of pyridine rings is 1. The highest BCUT2D eigenvalue weighted by Crippen LogP contribution is 2.24. The highest BCUT2D eigenvalue weighted by Gasteiger charge is 2.17. The van der Waals surface area contributed by atoms with E-state index in [-0.39, 0.29) is 5.91 Å². The van der Waals surface area contributed by atoms with Crippen LogP contribution in [0.1, 0.15) is 26.3 Å². The molecular formula is C14H16N4O. The van der Waals surface area contributed by atoms with E-state index < -0.39 is 0 Å². The number of aliphatic imine (C=N–C) groups is 2. The van der Waals surface area contributed by atoms with Crippen molar-refractivity contribution in [1.82, 2.24) is 10.3 Å². The van der Waals surface area contributed by atoms with E-state index in [1.54, 1.807) is 25.5 Å². The van der Waals surface area contributed by atoms with E-state index in [1.807, 2.05) is 19.9 Å². The Morgan fingerprint density at radius 2 is 2.26 bits per heavy atom. The van der Waals surface area contributed by atoms with E-state index in [2.05, 4.69) is 20.3 Å². The fourth-order valence-corrected chi connectivity index (χ4v) is 1.78. The van der Waals surface area contributed by atoms with Crippen molar-refractivity contribution in [2.45, 2.75) is 27.2 Å². The molecule has 1 aliphatic heterocycles. The molecule has 2 heterocycles. The SMILES string of the molecule is CC=N/C(C)=C(\C)C(=O)NC1=Nc2ccncc2C1. The molecule has 0 radical (unpaired) electrons. The van der Waals surface area contributed by atoms with Crippen molar-refractivity contribution in [1.29, 1.82) is 0 Å². The summed E-state index contributed by atoms with van der Waals surface area (Å²) in [5.74, 6) is 0.489. The van der Waals surface area contributed by atoms with Crippen molar-refractivity contribution in [2.24, 2.45) is 9.98 Å². The average molecular weight is 256 g/mol. The highest BCUT2D eigenvalue weighted by atomic mass is 16.1. The van der Waals surface area contributed by atoms with E-state index in [4.69, 9.17) is 0 Å². The molecular weight excluding hydrogens is 240 g/mol. The lowest BCUT2D eigenvalue weighted by atomic mass is 10.2. The summed E-state index contributed by atoms with van der Waals surface area (Å²) in [5, 5.41) is 2.82. The zero-order valence-corrected chi connectivity index (χ0v) is 11.3. The predicted molar refractivity (Wildman–Crippen MR) is 75.7 cm³/mol. The Kier molecular flexibility index (Phi) is 3.85. The second-order valence-electron chi connectivity index (χ2n) is 4.29. The van der Waals surface area contributed by atoms with Crippen LogP contribution in [0.5, 0.6) is 0 Å². The fraction of sp³-hybridized carbons (Fsp3) is 0.286. The van der Waals surface area contributed by atoms with Crippen LogP contribution in [0, 0.1) is 0 Å². The highest BCUT2D eigenvalue weighted by molar-refractivity contribution is 6.08. The smallest absolute Gasteiger partial charge is 0.254 e. The Labute approximate surface area is 112 Å². The van der Waals surface area contributed by atoms with E-state index in [1.165, 1.54) is 0 Å². The number of nitrogens with zero attached hydrogens (tertiary/aromatic N) is 3.